The highest BCUT2D eigenvalue weighted by atomic mass is 35.5. The van der Waals surface area contributed by atoms with E-state index in [1.165, 1.54) is 23.1 Å². The van der Waals surface area contributed by atoms with Crippen molar-refractivity contribution in [2.45, 2.75) is 68.8 Å². The van der Waals surface area contributed by atoms with E-state index >= 15 is 0 Å². The van der Waals surface area contributed by atoms with Crippen molar-refractivity contribution in [1.29, 1.82) is 0 Å². The fourth-order valence-corrected chi connectivity index (χ4v) is 7.02. The van der Waals surface area contributed by atoms with Crippen LogP contribution >= 0.6 is 11.6 Å². The zero-order valence-corrected chi connectivity index (χ0v) is 23.5. The van der Waals surface area contributed by atoms with Crippen molar-refractivity contribution in [3.05, 3.63) is 63.4 Å². The van der Waals surface area contributed by atoms with Crippen LogP contribution in [0.5, 0.6) is 5.75 Å². The molecule has 0 spiro atoms. The van der Waals surface area contributed by atoms with Gasteiger partial charge in [-0.3, -0.25) is 9.69 Å². The summed E-state index contributed by atoms with van der Waals surface area (Å²) in [5.74, 6) is -2.38. The summed E-state index contributed by atoms with van der Waals surface area (Å²) in [7, 11) is 0. The molecule has 0 aromatic heterocycles. The van der Waals surface area contributed by atoms with Gasteiger partial charge in [0, 0.05) is 16.6 Å². The summed E-state index contributed by atoms with van der Waals surface area (Å²) >= 11 is 5.98. The minimum atomic E-state index is -4.63. The number of amides is 1. The van der Waals surface area contributed by atoms with Gasteiger partial charge < -0.3 is 19.5 Å². The van der Waals surface area contributed by atoms with Crippen molar-refractivity contribution in [2.24, 2.45) is 5.92 Å². The standard InChI is InChI=1S/C30H31ClF4N2O5/c31-21-11-19-14-37(16-41-26(19)24(13-21)30(33,34)35)28(40)29(20-2-3-20)8-5-22(15-42-29)36-9-6-17(7-10-36)18-1-4-25(32)23(12-18)27(38)39/h1,4,11-13,17,20,22H,2-3,5-10,14-16H2,(H,38,39)/t22?,29-/m0/s1. The van der Waals surface area contributed by atoms with E-state index in [2.05, 4.69) is 4.90 Å². The lowest BCUT2D eigenvalue weighted by Gasteiger charge is -2.46. The third-order valence-electron chi connectivity index (χ3n) is 9.17. The molecule has 2 aromatic carbocycles. The number of aromatic carboxylic acids is 1. The average Bonchev–Trinajstić information content (AvgIpc) is 3.82. The number of piperidine rings is 1. The fourth-order valence-electron chi connectivity index (χ4n) is 6.78. The van der Waals surface area contributed by atoms with Crippen molar-refractivity contribution in [3.63, 3.8) is 0 Å². The number of carbonyl (C=O) groups is 2. The van der Waals surface area contributed by atoms with E-state index in [0.29, 0.717) is 13.0 Å². The Hall–Kier alpha value is -2.89. The molecule has 1 amide bonds. The maximum atomic E-state index is 13.9. The highest BCUT2D eigenvalue weighted by Crippen LogP contribution is 2.49. The summed E-state index contributed by atoms with van der Waals surface area (Å²) in [5.41, 5.74) is -1.25. The second-order valence-electron chi connectivity index (χ2n) is 11.7. The fraction of sp³-hybridized carbons (Fsp3) is 0.533. The number of likely N-dealkylation sites (tertiary alicyclic amines) is 1. The van der Waals surface area contributed by atoms with Crippen LogP contribution in [0.4, 0.5) is 17.6 Å². The van der Waals surface area contributed by atoms with Gasteiger partial charge in [-0.25, -0.2) is 9.18 Å². The molecule has 3 aliphatic heterocycles. The number of hydrogen-bond acceptors (Lipinski definition) is 5. The number of nitrogens with zero attached hydrogens (tertiary/aromatic N) is 2. The molecule has 2 aromatic rings. The van der Waals surface area contributed by atoms with Crippen LogP contribution < -0.4 is 4.74 Å². The normalized spacial score (nSPS) is 25.5. The number of carboxylic acids is 1. The minimum Gasteiger partial charge on any atom is -0.478 e. The molecule has 1 unspecified atom stereocenters. The van der Waals surface area contributed by atoms with Crippen LogP contribution in [0, 0.1) is 11.7 Å². The number of halogens is 5. The van der Waals surface area contributed by atoms with Crippen LogP contribution in [0.15, 0.2) is 30.3 Å². The van der Waals surface area contributed by atoms with E-state index in [1.807, 2.05) is 0 Å². The van der Waals surface area contributed by atoms with Crippen LogP contribution in [0.1, 0.15) is 71.5 Å². The van der Waals surface area contributed by atoms with E-state index in [9.17, 15) is 32.3 Å². The molecule has 42 heavy (non-hydrogen) atoms. The summed E-state index contributed by atoms with van der Waals surface area (Å²) in [6.45, 7) is 1.56. The number of carboxylic acid groups (broad SMARTS) is 1. The van der Waals surface area contributed by atoms with E-state index in [0.717, 1.165) is 56.8 Å². The number of rotatable bonds is 5. The lowest BCUT2D eigenvalue weighted by molar-refractivity contribution is -0.180. The highest BCUT2D eigenvalue weighted by molar-refractivity contribution is 6.30. The van der Waals surface area contributed by atoms with Crippen molar-refractivity contribution >= 4 is 23.5 Å². The number of carbonyl (C=O) groups excluding carboxylic acids is 1. The molecular formula is C30H31ClF4N2O5. The monoisotopic (exact) mass is 610 g/mol. The van der Waals surface area contributed by atoms with Gasteiger partial charge in [0.25, 0.3) is 5.91 Å². The first-order valence-electron chi connectivity index (χ1n) is 14.2. The summed E-state index contributed by atoms with van der Waals surface area (Å²) in [6.07, 6.45) is -0.0927. The molecule has 6 rings (SSSR count). The molecule has 1 aliphatic carbocycles. The zero-order chi connectivity index (χ0) is 29.8. The van der Waals surface area contributed by atoms with Crippen molar-refractivity contribution in [2.75, 3.05) is 26.4 Å². The number of alkyl halides is 3. The summed E-state index contributed by atoms with van der Waals surface area (Å²) in [5, 5.41) is 9.19. The third kappa shape index (κ3) is 5.46. The molecule has 3 heterocycles. The molecule has 2 saturated heterocycles. The number of fused-ring (bicyclic) bond motifs is 1. The zero-order valence-electron chi connectivity index (χ0n) is 22.8. The van der Waals surface area contributed by atoms with Crippen molar-refractivity contribution in [3.8, 4) is 5.75 Å². The van der Waals surface area contributed by atoms with E-state index in [4.69, 9.17) is 21.1 Å². The first-order chi connectivity index (χ1) is 20.0. The lowest BCUT2D eigenvalue weighted by Crippen LogP contribution is -2.59. The SMILES string of the molecule is O=C(O)c1cc(C2CCN(C3CC[C@@](C(=O)N4COc5c(cc(Cl)cc5C(F)(F)F)C4)(C4CC4)OC3)CC2)ccc1F. The van der Waals surface area contributed by atoms with Gasteiger partial charge in [-0.15, -0.1) is 0 Å². The molecule has 4 aliphatic rings. The van der Waals surface area contributed by atoms with Crippen LogP contribution in [0.2, 0.25) is 5.02 Å². The number of hydrogen-bond donors (Lipinski definition) is 1. The smallest absolute Gasteiger partial charge is 0.420 e. The second kappa shape index (κ2) is 11.0. The van der Waals surface area contributed by atoms with Gasteiger partial charge in [0.2, 0.25) is 0 Å². The summed E-state index contributed by atoms with van der Waals surface area (Å²) < 4.78 is 66.4. The molecule has 2 atom stereocenters. The Morgan fingerprint density at radius 3 is 2.40 bits per heavy atom. The van der Waals surface area contributed by atoms with Gasteiger partial charge in [-0.05, 0) is 93.3 Å². The number of ether oxygens (including phenoxy) is 2. The molecule has 1 N–H and O–H groups in total. The average molecular weight is 611 g/mol. The molecule has 0 radical (unpaired) electrons. The first kappa shape index (κ1) is 29.2. The van der Waals surface area contributed by atoms with Crippen molar-refractivity contribution < 1.29 is 41.7 Å². The lowest BCUT2D eigenvalue weighted by atomic mass is 9.84. The van der Waals surface area contributed by atoms with Gasteiger partial charge >= 0.3 is 12.1 Å². The maximum Gasteiger partial charge on any atom is 0.420 e. The highest BCUT2D eigenvalue weighted by Gasteiger charge is 2.56. The van der Waals surface area contributed by atoms with Crippen LogP contribution in [0.25, 0.3) is 0 Å². The molecule has 0 bridgehead atoms. The van der Waals surface area contributed by atoms with Crippen LogP contribution in [-0.2, 0) is 22.3 Å². The Labute approximate surface area is 245 Å². The Balaban J connectivity index is 1.10. The molecule has 3 fully saturated rings. The van der Waals surface area contributed by atoms with Crippen LogP contribution in [-0.4, -0.2) is 64.9 Å². The van der Waals surface area contributed by atoms with Crippen molar-refractivity contribution in [1.82, 2.24) is 9.80 Å². The predicted molar refractivity (Wildman–Crippen MR) is 144 cm³/mol. The Morgan fingerprint density at radius 2 is 1.79 bits per heavy atom. The molecule has 226 valence electrons. The largest absolute Gasteiger partial charge is 0.478 e. The first-order valence-corrected chi connectivity index (χ1v) is 14.6. The summed E-state index contributed by atoms with van der Waals surface area (Å²) in [6, 6.07) is 6.65. The van der Waals surface area contributed by atoms with Gasteiger partial charge in [0.15, 0.2) is 6.73 Å². The Morgan fingerprint density at radius 1 is 1.05 bits per heavy atom. The molecular weight excluding hydrogens is 580 g/mol. The molecule has 12 heteroatoms. The molecule has 1 saturated carbocycles. The number of benzene rings is 2. The predicted octanol–water partition coefficient (Wildman–Crippen LogP) is 6.08. The third-order valence-corrected chi connectivity index (χ3v) is 9.39. The van der Waals surface area contributed by atoms with E-state index in [-0.39, 0.29) is 59.0 Å². The minimum absolute atomic E-state index is 0.0421. The second-order valence-corrected chi connectivity index (χ2v) is 12.2. The topological polar surface area (TPSA) is 79.3 Å². The van der Waals surface area contributed by atoms with Gasteiger partial charge in [-0.1, -0.05) is 17.7 Å². The van der Waals surface area contributed by atoms with Gasteiger partial charge in [0.1, 0.15) is 17.2 Å². The van der Waals surface area contributed by atoms with Crippen LogP contribution in [0.3, 0.4) is 0 Å². The van der Waals surface area contributed by atoms with Gasteiger partial charge in [-0.2, -0.15) is 13.2 Å². The van der Waals surface area contributed by atoms with E-state index in [1.54, 1.807) is 6.07 Å². The van der Waals surface area contributed by atoms with E-state index < -0.39 is 29.1 Å². The quantitative estimate of drug-likeness (QED) is 0.414. The molecule has 7 nitrogen and oxygen atoms in total. The summed E-state index contributed by atoms with van der Waals surface area (Å²) in [4.78, 5) is 29.0. The Bertz CT molecular complexity index is 1380. The Kier molecular flexibility index (Phi) is 7.64. The van der Waals surface area contributed by atoms with Gasteiger partial charge in [0.05, 0.1) is 24.3 Å². The maximum absolute atomic E-state index is 13.9.